The van der Waals surface area contributed by atoms with E-state index in [0.717, 1.165) is 22.3 Å². The fourth-order valence-corrected chi connectivity index (χ4v) is 3.35. The molecular formula is C20H23ClN4O3. The Bertz CT molecular complexity index is 895. The first-order valence-electron chi connectivity index (χ1n) is 8.77. The molecule has 1 atom stereocenters. The van der Waals surface area contributed by atoms with Gasteiger partial charge in [-0.15, -0.1) is 0 Å². The lowest BCUT2D eigenvalue weighted by Crippen LogP contribution is -2.21. The van der Waals surface area contributed by atoms with Crippen molar-refractivity contribution in [3.05, 3.63) is 52.5 Å². The van der Waals surface area contributed by atoms with Crippen molar-refractivity contribution in [3.63, 3.8) is 0 Å². The second-order valence-electron chi connectivity index (χ2n) is 6.28. The molecule has 1 amide bonds. The summed E-state index contributed by atoms with van der Waals surface area (Å²) < 4.78 is 0. The maximum absolute atomic E-state index is 11.3. The number of carboxylic acid groups (broad SMARTS) is 1. The summed E-state index contributed by atoms with van der Waals surface area (Å²) in [6, 6.07) is 10.9. The number of amides is 1. The van der Waals surface area contributed by atoms with E-state index in [2.05, 4.69) is 10.3 Å². The number of guanidine groups is 1. The predicted octanol–water partition coefficient (Wildman–Crippen LogP) is 3.13. The van der Waals surface area contributed by atoms with E-state index >= 15 is 0 Å². The van der Waals surface area contributed by atoms with Crippen molar-refractivity contribution in [1.82, 2.24) is 5.32 Å². The molecule has 0 aliphatic rings. The minimum absolute atomic E-state index is 0.00785. The molecule has 148 valence electrons. The molecule has 0 fully saturated rings. The summed E-state index contributed by atoms with van der Waals surface area (Å²) in [5.41, 5.74) is 14.8. The minimum atomic E-state index is -0.868. The van der Waals surface area contributed by atoms with E-state index in [1.807, 2.05) is 31.2 Å². The highest BCUT2D eigenvalue weighted by Gasteiger charge is 2.20. The number of nitrogens with zero attached hydrogens (tertiary/aromatic N) is 1. The number of hydrogen-bond donors (Lipinski definition) is 4. The lowest BCUT2D eigenvalue weighted by Gasteiger charge is -2.21. The van der Waals surface area contributed by atoms with Crippen molar-refractivity contribution >= 4 is 35.6 Å². The fraction of sp³-hybridized carbons (Fsp3) is 0.250. The maximum Gasteiger partial charge on any atom is 0.303 e. The van der Waals surface area contributed by atoms with Crippen LogP contribution < -0.4 is 16.8 Å². The molecule has 2 aromatic carbocycles. The lowest BCUT2D eigenvalue weighted by atomic mass is 9.85. The van der Waals surface area contributed by atoms with Crippen LogP contribution in [0.15, 0.2) is 41.4 Å². The summed E-state index contributed by atoms with van der Waals surface area (Å²) >= 11 is 6.17. The molecule has 2 rings (SSSR count). The third kappa shape index (κ3) is 5.23. The third-order valence-electron chi connectivity index (χ3n) is 4.43. The molecule has 0 bridgehead atoms. The predicted molar refractivity (Wildman–Crippen MR) is 111 cm³/mol. The van der Waals surface area contributed by atoms with Gasteiger partial charge >= 0.3 is 5.97 Å². The van der Waals surface area contributed by atoms with Crippen molar-refractivity contribution < 1.29 is 14.7 Å². The average molecular weight is 403 g/mol. The summed E-state index contributed by atoms with van der Waals surface area (Å²) in [4.78, 5) is 26.2. The summed E-state index contributed by atoms with van der Waals surface area (Å²) in [5, 5.41) is 12.3. The van der Waals surface area contributed by atoms with Crippen LogP contribution in [0.4, 0.5) is 5.69 Å². The van der Waals surface area contributed by atoms with Gasteiger partial charge in [0, 0.05) is 6.54 Å². The maximum atomic E-state index is 11.3. The Morgan fingerprint density at radius 3 is 2.68 bits per heavy atom. The zero-order chi connectivity index (χ0) is 20.7. The van der Waals surface area contributed by atoms with Gasteiger partial charge in [-0.2, -0.15) is 0 Å². The Labute approximate surface area is 168 Å². The zero-order valence-electron chi connectivity index (χ0n) is 15.5. The van der Waals surface area contributed by atoms with Crippen molar-refractivity contribution in [2.24, 2.45) is 16.5 Å². The summed E-state index contributed by atoms with van der Waals surface area (Å²) in [6.07, 6.45) is 1.28. The number of carbonyl (C=O) groups excluding carboxylic acids is 1. The first kappa shape index (κ1) is 21.2. The van der Waals surface area contributed by atoms with Crippen LogP contribution in [0.2, 0.25) is 5.02 Å². The van der Waals surface area contributed by atoms with Gasteiger partial charge in [-0.25, -0.2) is 4.99 Å². The van der Waals surface area contributed by atoms with Crippen molar-refractivity contribution in [1.29, 1.82) is 0 Å². The highest BCUT2D eigenvalue weighted by Crippen LogP contribution is 2.36. The Morgan fingerprint density at radius 1 is 1.32 bits per heavy atom. The molecular weight excluding hydrogens is 380 g/mol. The standard InChI is InChI=1S/C20H23ClN4O3/c1-2-12(9-19(27)28)14-4-3-5-15(16(14)10-24-11-26)13-6-7-17(21)18(8-13)25-20(22)23/h3-8,11-12H,2,9-10H2,1H3,(H,24,26)(H,27,28)(H4,22,23,25). The molecule has 0 saturated carbocycles. The van der Waals surface area contributed by atoms with Crippen LogP contribution in [0.5, 0.6) is 0 Å². The van der Waals surface area contributed by atoms with Crippen LogP contribution in [0.25, 0.3) is 11.1 Å². The second kappa shape index (κ2) is 9.75. The number of aliphatic carboxylic acids is 1. The monoisotopic (exact) mass is 402 g/mol. The van der Waals surface area contributed by atoms with Crippen LogP contribution in [0.1, 0.15) is 36.8 Å². The van der Waals surface area contributed by atoms with Crippen molar-refractivity contribution in [3.8, 4) is 11.1 Å². The van der Waals surface area contributed by atoms with Gasteiger partial charge in [-0.3, -0.25) is 9.59 Å². The van der Waals surface area contributed by atoms with Gasteiger partial charge in [-0.1, -0.05) is 42.8 Å². The number of nitrogens with two attached hydrogens (primary N) is 2. The quantitative estimate of drug-likeness (QED) is 0.291. The molecule has 1 unspecified atom stereocenters. The summed E-state index contributed by atoms with van der Waals surface area (Å²) in [7, 11) is 0. The SMILES string of the molecule is CCC(CC(=O)O)c1cccc(-c2ccc(Cl)c(N=C(N)N)c2)c1CNC=O. The molecule has 0 aromatic heterocycles. The number of carboxylic acids is 1. The van der Waals surface area contributed by atoms with Gasteiger partial charge < -0.3 is 21.9 Å². The fourth-order valence-electron chi connectivity index (χ4n) is 3.19. The van der Waals surface area contributed by atoms with Crippen LogP contribution in [0.3, 0.4) is 0 Å². The summed E-state index contributed by atoms with van der Waals surface area (Å²) in [6.45, 7) is 2.21. The smallest absolute Gasteiger partial charge is 0.303 e. The van der Waals surface area contributed by atoms with E-state index in [1.54, 1.807) is 12.1 Å². The first-order chi connectivity index (χ1) is 13.4. The van der Waals surface area contributed by atoms with Crippen LogP contribution in [0, 0.1) is 0 Å². The highest BCUT2D eigenvalue weighted by molar-refractivity contribution is 6.33. The Kier molecular flexibility index (Phi) is 7.40. The Morgan fingerprint density at radius 2 is 2.07 bits per heavy atom. The van der Waals surface area contributed by atoms with E-state index in [9.17, 15) is 14.7 Å². The molecule has 0 saturated heterocycles. The molecule has 0 heterocycles. The van der Waals surface area contributed by atoms with E-state index in [1.165, 1.54) is 0 Å². The van der Waals surface area contributed by atoms with Crippen molar-refractivity contribution in [2.75, 3.05) is 0 Å². The number of halogens is 1. The highest BCUT2D eigenvalue weighted by atomic mass is 35.5. The number of rotatable bonds is 9. The topological polar surface area (TPSA) is 131 Å². The molecule has 0 spiro atoms. The molecule has 2 aromatic rings. The van der Waals surface area contributed by atoms with Crippen LogP contribution in [-0.2, 0) is 16.1 Å². The minimum Gasteiger partial charge on any atom is -0.481 e. The molecule has 0 aliphatic carbocycles. The van der Waals surface area contributed by atoms with E-state index < -0.39 is 5.97 Å². The lowest BCUT2D eigenvalue weighted by molar-refractivity contribution is -0.137. The number of benzene rings is 2. The number of carbonyl (C=O) groups is 2. The van der Waals surface area contributed by atoms with E-state index in [-0.39, 0.29) is 24.8 Å². The second-order valence-corrected chi connectivity index (χ2v) is 6.69. The van der Waals surface area contributed by atoms with Gasteiger partial charge in [0.15, 0.2) is 5.96 Å². The molecule has 28 heavy (non-hydrogen) atoms. The third-order valence-corrected chi connectivity index (χ3v) is 4.75. The molecule has 8 heteroatoms. The number of nitrogens with one attached hydrogen (secondary N) is 1. The van der Waals surface area contributed by atoms with Crippen LogP contribution in [-0.4, -0.2) is 23.4 Å². The van der Waals surface area contributed by atoms with Gasteiger partial charge in [0.05, 0.1) is 17.1 Å². The van der Waals surface area contributed by atoms with Gasteiger partial charge in [0.25, 0.3) is 0 Å². The first-order valence-corrected chi connectivity index (χ1v) is 9.15. The van der Waals surface area contributed by atoms with E-state index in [4.69, 9.17) is 23.1 Å². The van der Waals surface area contributed by atoms with E-state index in [0.29, 0.717) is 23.5 Å². The molecule has 7 nitrogen and oxygen atoms in total. The normalized spacial score (nSPS) is 11.5. The van der Waals surface area contributed by atoms with Crippen molar-refractivity contribution in [2.45, 2.75) is 32.2 Å². The summed E-state index contributed by atoms with van der Waals surface area (Å²) in [5.74, 6) is -1.15. The average Bonchev–Trinajstić information content (AvgIpc) is 2.65. The number of aliphatic imine (C=N–C) groups is 1. The molecule has 0 radical (unpaired) electrons. The van der Waals surface area contributed by atoms with Gasteiger partial charge in [0.2, 0.25) is 6.41 Å². The zero-order valence-corrected chi connectivity index (χ0v) is 16.2. The molecule has 6 N–H and O–H groups in total. The van der Waals surface area contributed by atoms with Gasteiger partial charge in [-0.05, 0) is 46.7 Å². The number of hydrogen-bond acceptors (Lipinski definition) is 3. The molecule has 0 aliphatic heterocycles. The Hall–Kier alpha value is -3.06. The van der Waals surface area contributed by atoms with Crippen LogP contribution >= 0.6 is 11.6 Å². The van der Waals surface area contributed by atoms with Gasteiger partial charge in [0.1, 0.15) is 0 Å². The Balaban J connectivity index is 2.63. The largest absolute Gasteiger partial charge is 0.481 e.